The second-order valence-corrected chi connectivity index (χ2v) is 6.97. The van der Waals surface area contributed by atoms with Crippen LogP contribution in [0.3, 0.4) is 0 Å². The van der Waals surface area contributed by atoms with E-state index in [9.17, 15) is 22.8 Å². The maximum atomic E-state index is 13.2. The van der Waals surface area contributed by atoms with Gasteiger partial charge in [0.1, 0.15) is 17.6 Å². The first-order chi connectivity index (χ1) is 11.9. The summed E-state index contributed by atoms with van der Waals surface area (Å²) in [5.74, 6) is -4.32. The van der Waals surface area contributed by atoms with Crippen LogP contribution in [-0.2, 0) is 20.9 Å². The third-order valence-electron chi connectivity index (χ3n) is 3.35. The van der Waals surface area contributed by atoms with Gasteiger partial charge in [-0.15, -0.1) is 0 Å². The van der Waals surface area contributed by atoms with Gasteiger partial charge in [0.25, 0.3) is 0 Å². The van der Waals surface area contributed by atoms with E-state index < -0.39 is 42.2 Å². The van der Waals surface area contributed by atoms with Gasteiger partial charge < -0.3 is 15.4 Å². The van der Waals surface area contributed by atoms with Gasteiger partial charge >= 0.3 is 12.1 Å². The number of esters is 1. The predicted octanol–water partition coefficient (Wildman–Crippen LogP) is 2.80. The first-order valence-corrected chi connectivity index (χ1v) is 8.25. The van der Waals surface area contributed by atoms with Crippen molar-refractivity contribution in [3.05, 3.63) is 35.9 Å². The molecule has 0 saturated heterocycles. The molecule has 2 N–H and O–H groups in total. The van der Waals surface area contributed by atoms with Gasteiger partial charge in [-0.05, 0) is 33.3 Å². The van der Waals surface area contributed by atoms with E-state index in [1.54, 1.807) is 51.1 Å². The molecule has 0 bridgehead atoms. The molecule has 1 amide bonds. The van der Waals surface area contributed by atoms with Crippen LogP contribution in [0.4, 0.5) is 13.2 Å². The van der Waals surface area contributed by atoms with Gasteiger partial charge in [0.05, 0.1) is 0 Å². The number of alkyl halides is 3. The normalized spacial score (nSPS) is 14.4. The Morgan fingerprint density at radius 3 is 2.19 bits per heavy atom. The average molecular weight is 374 g/mol. The fourth-order valence-electron chi connectivity index (χ4n) is 2.08. The highest BCUT2D eigenvalue weighted by Gasteiger charge is 2.45. The molecule has 26 heavy (non-hydrogen) atoms. The quantitative estimate of drug-likeness (QED) is 0.721. The van der Waals surface area contributed by atoms with Crippen molar-refractivity contribution < 1.29 is 27.5 Å². The Hall–Kier alpha value is -2.09. The number of amides is 1. The van der Waals surface area contributed by atoms with Gasteiger partial charge in [0.15, 0.2) is 0 Å². The van der Waals surface area contributed by atoms with E-state index in [-0.39, 0.29) is 6.54 Å². The number of ether oxygens (including phenoxy) is 1. The van der Waals surface area contributed by atoms with Crippen molar-refractivity contribution in [2.45, 2.75) is 52.1 Å². The molecule has 1 aromatic carbocycles. The van der Waals surface area contributed by atoms with Crippen LogP contribution in [0, 0.1) is 5.92 Å². The highest BCUT2D eigenvalue weighted by Crippen LogP contribution is 2.26. The zero-order valence-electron chi connectivity index (χ0n) is 15.3. The third-order valence-corrected chi connectivity index (χ3v) is 3.35. The van der Waals surface area contributed by atoms with Crippen molar-refractivity contribution >= 4 is 11.9 Å². The molecule has 0 saturated carbocycles. The molecule has 0 aromatic heterocycles. The summed E-state index contributed by atoms with van der Waals surface area (Å²) in [5.41, 5.74) is 0.00691. The van der Waals surface area contributed by atoms with Crippen molar-refractivity contribution in [1.82, 2.24) is 10.6 Å². The molecule has 0 aliphatic heterocycles. The molecular formula is C18H25F3N2O3. The van der Waals surface area contributed by atoms with E-state index in [0.717, 1.165) is 5.56 Å². The van der Waals surface area contributed by atoms with Crippen LogP contribution >= 0.6 is 0 Å². The lowest BCUT2D eigenvalue weighted by molar-refractivity contribution is -0.183. The summed E-state index contributed by atoms with van der Waals surface area (Å²) in [6.45, 7) is 5.78. The van der Waals surface area contributed by atoms with Crippen molar-refractivity contribution in [2.24, 2.45) is 5.92 Å². The van der Waals surface area contributed by atoms with Gasteiger partial charge in [-0.1, -0.05) is 30.3 Å². The van der Waals surface area contributed by atoms with Crippen LogP contribution < -0.4 is 10.6 Å². The lowest BCUT2D eigenvalue weighted by Crippen LogP contribution is -2.50. The van der Waals surface area contributed by atoms with Crippen molar-refractivity contribution in [3.8, 4) is 0 Å². The summed E-state index contributed by atoms with van der Waals surface area (Å²) in [6.07, 6.45) is -4.73. The topological polar surface area (TPSA) is 67.4 Å². The SMILES string of the molecule is C[C@H](NC(=O)[C@H](CNCc1ccccc1)C(F)(F)F)C(=O)OC(C)(C)C. The minimum atomic E-state index is -4.73. The number of carbonyl (C=O) groups is 2. The van der Waals surface area contributed by atoms with Crippen molar-refractivity contribution in [1.29, 1.82) is 0 Å². The van der Waals surface area contributed by atoms with Crippen LogP contribution in [0.25, 0.3) is 0 Å². The number of hydrogen-bond acceptors (Lipinski definition) is 4. The lowest BCUT2D eigenvalue weighted by atomic mass is 10.1. The van der Waals surface area contributed by atoms with Crippen LogP contribution in [0.15, 0.2) is 30.3 Å². The molecule has 0 spiro atoms. The molecule has 0 aliphatic rings. The largest absolute Gasteiger partial charge is 0.458 e. The average Bonchev–Trinajstić information content (AvgIpc) is 2.49. The highest BCUT2D eigenvalue weighted by molar-refractivity contribution is 5.86. The van der Waals surface area contributed by atoms with Crippen LogP contribution in [0.1, 0.15) is 33.3 Å². The fourth-order valence-corrected chi connectivity index (χ4v) is 2.08. The standard InChI is InChI=1S/C18H25F3N2O3/c1-12(16(25)26-17(2,3)4)23-15(24)14(18(19,20)21)11-22-10-13-8-6-5-7-9-13/h5-9,12,14,22H,10-11H2,1-4H3,(H,23,24)/t12-,14-/m0/s1. The van der Waals surface area contributed by atoms with Gasteiger partial charge in [-0.3, -0.25) is 4.79 Å². The van der Waals surface area contributed by atoms with E-state index in [1.165, 1.54) is 6.92 Å². The molecule has 0 heterocycles. The minimum Gasteiger partial charge on any atom is -0.458 e. The van der Waals surface area contributed by atoms with Crippen LogP contribution in [0.2, 0.25) is 0 Å². The number of carbonyl (C=O) groups excluding carboxylic acids is 2. The Balaban J connectivity index is 2.64. The van der Waals surface area contributed by atoms with E-state index in [0.29, 0.717) is 0 Å². The highest BCUT2D eigenvalue weighted by atomic mass is 19.4. The van der Waals surface area contributed by atoms with E-state index in [1.807, 2.05) is 0 Å². The zero-order chi connectivity index (χ0) is 20.0. The molecule has 0 aliphatic carbocycles. The molecule has 1 aromatic rings. The summed E-state index contributed by atoms with van der Waals surface area (Å²) >= 11 is 0. The molecule has 0 unspecified atom stereocenters. The summed E-state index contributed by atoms with van der Waals surface area (Å²) in [4.78, 5) is 23.9. The second-order valence-electron chi connectivity index (χ2n) is 6.97. The van der Waals surface area contributed by atoms with Crippen molar-refractivity contribution in [2.75, 3.05) is 6.54 Å². The third kappa shape index (κ3) is 7.86. The van der Waals surface area contributed by atoms with Gasteiger partial charge in [-0.25, -0.2) is 4.79 Å². The first-order valence-electron chi connectivity index (χ1n) is 8.25. The molecule has 0 radical (unpaired) electrons. The Morgan fingerprint density at radius 1 is 1.12 bits per heavy atom. The van der Waals surface area contributed by atoms with Crippen LogP contribution in [-0.4, -0.2) is 36.2 Å². The van der Waals surface area contributed by atoms with E-state index in [4.69, 9.17) is 4.74 Å². The zero-order valence-corrected chi connectivity index (χ0v) is 15.3. The molecule has 5 nitrogen and oxygen atoms in total. The van der Waals surface area contributed by atoms with Crippen LogP contribution in [0.5, 0.6) is 0 Å². The van der Waals surface area contributed by atoms with E-state index >= 15 is 0 Å². The number of hydrogen-bond donors (Lipinski definition) is 2. The lowest BCUT2D eigenvalue weighted by Gasteiger charge is -2.25. The number of rotatable bonds is 7. The van der Waals surface area contributed by atoms with Gasteiger partial charge in [-0.2, -0.15) is 13.2 Å². The number of benzene rings is 1. The smallest absolute Gasteiger partial charge is 0.401 e. The minimum absolute atomic E-state index is 0.197. The Morgan fingerprint density at radius 2 is 1.69 bits per heavy atom. The molecular weight excluding hydrogens is 349 g/mol. The van der Waals surface area contributed by atoms with Crippen molar-refractivity contribution in [3.63, 3.8) is 0 Å². The van der Waals surface area contributed by atoms with E-state index in [2.05, 4.69) is 10.6 Å². The Labute approximate surface area is 151 Å². The maximum absolute atomic E-state index is 13.2. The Bertz CT molecular complexity index is 598. The summed E-state index contributed by atoms with van der Waals surface area (Å²) in [7, 11) is 0. The summed E-state index contributed by atoms with van der Waals surface area (Å²) in [5, 5.41) is 4.72. The summed E-state index contributed by atoms with van der Waals surface area (Å²) < 4.78 is 44.7. The second kappa shape index (κ2) is 9.02. The monoisotopic (exact) mass is 374 g/mol. The molecule has 1 rings (SSSR count). The maximum Gasteiger partial charge on any atom is 0.401 e. The molecule has 8 heteroatoms. The predicted molar refractivity (Wildman–Crippen MR) is 91.1 cm³/mol. The fraction of sp³-hybridized carbons (Fsp3) is 0.556. The number of halogens is 3. The van der Waals surface area contributed by atoms with Gasteiger partial charge in [0, 0.05) is 13.1 Å². The summed E-state index contributed by atoms with van der Waals surface area (Å²) in [6, 6.07) is 7.69. The number of nitrogens with one attached hydrogen (secondary N) is 2. The molecule has 146 valence electrons. The first kappa shape index (κ1) is 22.0. The Kier molecular flexibility index (Phi) is 7.62. The molecule has 0 fully saturated rings. The molecule has 2 atom stereocenters. The van der Waals surface area contributed by atoms with Gasteiger partial charge in [0.2, 0.25) is 5.91 Å².